The molecule has 0 unspecified atom stereocenters. The van der Waals surface area contributed by atoms with Gasteiger partial charge in [0.1, 0.15) is 19.0 Å². The largest absolute Gasteiger partial charge is 0.456 e. The number of fused-ring (bicyclic) bond motifs is 1. The quantitative estimate of drug-likeness (QED) is 0.239. The summed E-state index contributed by atoms with van der Waals surface area (Å²) in [6, 6.07) is 26.4. The first kappa shape index (κ1) is 25.8. The van der Waals surface area contributed by atoms with E-state index in [1.807, 2.05) is 92.1 Å². The van der Waals surface area contributed by atoms with Crippen molar-refractivity contribution in [2.45, 2.75) is 32.6 Å². The predicted octanol–water partition coefficient (Wildman–Crippen LogP) is 5.78. The second-order valence-electron chi connectivity index (χ2n) is 9.40. The van der Waals surface area contributed by atoms with Crippen LogP contribution in [0.2, 0.25) is 0 Å². The van der Waals surface area contributed by atoms with Gasteiger partial charge in [0.2, 0.25) is 0 Å². The molecule has 0 aliphatic carbocycles. The number of benzene rings is 3. The van der Waals surface area contributed by atoms with E-state index in [1.165, 1.54) is 0 Å². The maximum atomic E-state index is 12.9. The number of aryl methyl sites for hydroxylation is 2. The van der Waals surface area contributed by atoms with Crippen molar-refractivity contribution in [1.82, 2.24) is 19.9 Å². The van der Waals surface area contributed by atoms with Gasteiger partial charge in [-0.15, -0.1) is 0 Å². The number of ether oxygens (including phenoxy) is 2. The third-order valence-corrected chi connectivity index (χ3v) is 6.55. The molecule has 0 aliphatic heterocycles. The van der Waals surface area contributed by atoms with E-state index in [4.69, 9.17) is 9.47 Å². The van der Waals surface area contributed by atoms with E-state index in [2.05, 4.69) is 25.9 Å². The van der Waals surface area contributed by atoms with Crippen LogP contribution in [0, 0.1) is 6.92 Å². The number of carbonyl (C=O) groups excluding carboxylic acids is 2. The molecule has 5 aromatic rings. The van der Waals surface area contributed by atoms with Crippen LogP contribution in [0.15, 0.2) is 91.1 Å². The van der Waals surface area contributed by atoms with Crippen molar-refractivity contribution in [3.63, 3.8) is 0 Å². The van der Waals surface area contributed by atoms with Gasteiger partial charge in [0.25, 0.3) is 0 Å². The molecule has 1 atom stereocenters. The fourth-order valence-corrected chi connectivity index (χ4v) is 4.57. The predicted molar refractivity (Wildman–Crippen MR) is 148 cm³/mol. The van der Waals surface area contributed by atoms with E-state index < -0.39 is 18.1 Å². The van der Waals surface area contributed by atoms with Crippen molar-refractivity contribution < 1.29 is 19.1 Å². The molecule has 0 radical (unpaired) electrons. The minimum atomic E-state index is -0.577. The number of carbonyl (C=O) groups is 2. The van der Waals surface area contributed by atoms with Crippen molar-refractivity contribution in [2.75, 3.05) is 0 Å². The molecule has 0 saturated heterocycles. The van der Waals surface area contributed by atoms with Crippen LogP contribution in [0.5, 0.6) is 0 Å². The van der Waals surface area contributed by atoms with Gasteiger partial charge >= 0.3 is 12.1 Å². The smallest absolute Gasteiger partial charge is 0.408 e. The monoisotopic (exact) mass is 522 g/mol. The highest BCUT2D eigenvalue weighted by Crippen LogP contribution is 2.26. The lowest BCUT2D eigenvalue weighted by atomic mass is 10.0. The fourth-order valence-electron chi connectivity index (χ4n) is 4.57. The first-order chi connectivity index (χ1) is 19.0. The third kappa shape index (κ3) is 6.18. The molecular formula is C31H30N4O4. The van der Waals surface area contributed by atoms with Crippen molar-refractivity contribution in [1.29, 1.82) is 0 Å². The number of hydrogen-bond acceptors (Lipinski definition) is 5. The van der Waals surface area contributed by atoms with E-state index in [1.54, 1.807) is 6.92 Å². The van der Waals surface area contributed by atoms with Crippen molar-refractivity contribution >= 4 is 23.0 Å². The molecule has 2 aromatic heterocycles. The first-order valence-electron chi connectivity index (χ1n) is 12.8. The Morgan fingerprint density at radius 3 is 2.21 bits per heavy atom. The van der Waals surface area contributed by atoms with Crippen LogP contribution in [0.1, 0.15) is 44.7 Å². The van der Waals surface area contributed by atoms with E-state index in [-0.39, 0.29) is 18.9 Å². The van der Waals surface area contributed by atoms with Crippen LogP contribution in [0.3, 0.4) is 0 Å². The van der Waals surface area contributed by atoms with Crippen LogP contribution in [0.4, 0.5) is 4.79 Å². The number of para-hydroxylation sites is 1. The summed E-state index contributed by atoms with van der Waals surface area (Å²) in [5.41, 5.74) is 4.63. The normalized spacial score (nSPS) is 11.7. The summed E-state index contributed by atoms with van der Waals surface area (Å²) in [6.07, 6.45) is 1.90. The minimum absolute atomic E-state index is 0.141. The fraction of sp³-hybridized carbons (Fsp3) is 0.194. The summed E-state index contributed by atoms with van der Waals surface area (Å²) in [5.74, 6) is -0.0850. The third-order valence-electron chi connectivity index (χ3n) is 6.55. The van der Waals surface area contributed by atoms with Crippen LogP contribution in [-0.4, -0.2) is 26.6 Å². The molecule has 1 amide bonds. The Balaban J connectivity index is 1.37. The highest BCUT2D eigenvalue weighted by Gasteiger charge is 2.25. The Morgan fingerprint density at radius 2 is 1.51 bits per heavy atom. The number of nitrogens with one attached hydrogen (secondary N) is 2. The van der Waals surface area contributed by atoms with E-state index in [0.717, 1.165) is 27.6 Å². The van der Waals surface area contributed by atoms with Gasteiger partial charge < -0.3 is 24.3 Å². The lowest BCUT2D eigenvalue weighted by Crippen LogP contribution is -2.31. The maximum Gasteiger partial charge on any atom is 0.408 e. The molecule has 3 aromatic carbocycles. The standard InChI is InChI=1S/C31H30N4O4/c1-21-28(30(36)38-19-22-11-5-3-6-12-22)34-29(32-21)26(33-31(37)39-20-23-13-7-4-8-14-23)17-24-18-35(2)27-16-10-9-15-25(24)27/h3-16,18,26H,17,19-20H2,1-2H3,(H,32,34)(H,33,37)/t26-/m1/s1. The Morgan fingerprint density at radius 1 is 0.897 bits per heavy atom. The Kier molecular flexibility index (Phi) is 7.73. The maximum absolute atomic E-state index is 12.9. The van der Waals surface area contributed by atoms with Crippen LogP contribution in [0.25, 0.3) is 10.9 Å². The van der Waals surface area contributed by atoms with Crippen molar-refractivity contribution in [3.05, 3.63) is 125 Å². The molecule has 0 saturated carbocycles. The number of hydrogen-bond donors (Lipinski definition) is 2. The summed E-state index contributed by atoms with van der Waals surface area (Å²) in [6.45, 7) is 2.05. The van der Waals surface area contributed by atoms with Gasteiger partial charge in [0.05, 0.1) is 6.04 Å². The number of rotatable bonds is 9. The highest BCUT2D eigenvalue weighted by molar-refractivity contribution is 5.88. The van der Waals surface area contributed by atoms with Crippen LogP contribution in [-0.2, 0) is 36.2 Å². The second-order valence-corrected chi connectivity index (χ2v) is 9.40. The van der Waals surface area contributed by atoms with Crippen molar-refractivity contribution in [3.8, 4) is 0 Å². The molecule has 0 aliphatic rings. The summed E-state index contributed by atoms with van der Waals surface area (Å²) < 4.78 is 13.0. The molecule has 2 heterocycles. The van der Waals surface area contributed by atoms with Gasteiger partial charge in [0.15, 0.2) is 5.69 Å². The zero-order valence-electron chi connectivity index (χ0n) is 21.9. The Bertz CT molecular complexity index is 1570. The molecule has 0 fully saturated rings. The molecule has 0 bridgehead atoms. The summed E-state index contributed by atoms with van der Waals surface area (Å²) >= 11 is 0. The first-order valence-corrected chi connectivity index (χ1v) is 12.8. The lowest BCUT2D eigenvalue weighted by molar-refractivity contribution is 0.0465. The van der Waals surface area contributed by atoms with Crippen LogP contribution < -0.4 is 5.32 Å². The molecule has 2 N–H and O–H groups in total. The summed E-state index contributed by atoms with van der Waals surface area (Å²) in [7, 11) is 1.99. The second kappa shape index (κ2) is 11.7. The number of imidazole rings is 1. The number of amides is 1. The number of esters is 1. The van der Waals surface area contributed by atoms with Gasteiger partial charge in [-0.25, -0.2) is 14.6 Å². The van der Waals surface area contributed by atoms with Gasteiger partial charge in [-0.2, -0.15) is 0 Å². The van der Waals surface area contributed by atoms with Crippen molar-refractivity contribution in [2.24, 2.45) is 7.05 Å². The van der Waals surface area contributed by atoms with Gasteiger partial charge in [-0.1, -0.05) is 78.9 Å². The van der Waals surface area contributed by atoms with E-state index in [0.29, 0.717) is 17.9 Å². The Labute approximate surface area is 226 Å². The lowest BCUT2D eigenvalue weighted by Gasteiger charge is -2.17. The average Bonchev–Trinajstić information content (AvgIpc) is 3.51. The number of aromatic amines is 1. The molecular weight excluding hydrogens is 492 g/mol. The Hall–Kier alpha value is -4.85. The zero-order chi connectivity index (χ0) is 27.2. The number of aromatic nitrogens is 3. The molecule has 39 heavy (non-hydrogen) atoms. The van der Waals surface area contributed by atoms with Gasteiger partial charge in [0, 0.05) is 36.3 Å². The van der Waals surface area contributed by atoms with E-state index in [9.17, 15) is 9.59 Å². The summed E-state index contributed by atoms with van der Waals surface area (Å²) in [4.78, 5) is 33.5. The average molecular weight is 523 g/mol. The summed E-state index contributed by atoms with van der Waals surface area (Å²) in [5, 5.41) is 4.03. The minimum Gasteiger partial charge on any atom is -0.456 e. The molecule has 0 spiro atoms. The number of alkyl carbamates (subject to hydrolysis) is 1. The topological polar surface area (TPSA) is 98.2 Å². The van der Waals surface area contributed by atoms with Gasteiger partial charge in [-0.05, 0) is 29.7 Å². The highest BCUT2D eigenvalue weighted by atomic mass is 16.5. The molecule has 5 rings (SSSR count). The SMILES string of the molecule is Cc1[nH]c([C@@H](Cc2cn(C)c3ccccc23)NC(=O)OCc2ccccc2)nc1C(=O)OCc1ccccc1. The van der Waals surface area contributed by atoms with Gasteiger partial charge in [-0.3, -0.25) is 0 Å². The zero-order valence-corrected chi connectivity index (χ0v) is 21.9. The van der Waals surface area contributed by atoms with E-state index >= 15 is 0 Å². The molecule has 198 valence electrons. The molecule has 8 nitrogen and oxygen atoms in total. The molecule has 8 heteroatoms. The number of H-pyrrole nitrogens is 1. The number of nitrogens with zero attached hydrogens (tertiary/aromatic N) is 2. The van der Waals surface area contributed by atoms with Crippen LogP contribution >= 0.6 is 0 Å².